The zero-order valence-electron chi connectivity index (χ0n) is 11.9. The van der Waals surface area contributed by atoms with Crippen LogP contribution in [0, 0.1) is 5.92 Å². The van der Waals surface area contributed by atoms with Crippen molar-refractivity contribution in [3.63, 3.8) is 0 Å². The third-order valence-electron chi connectivity index (χ3n) is 3.65. The van der Waals surface area contributed by atoms with Gasteiger partial charge in [-0.2, -0.15) is 0 Å². The average Bonchev–Trinajstić information content (AvgIpc) is 3.05. The van der Waals surface area contributed by atoms with Gasteiger partial charge in [-0.05, 0) is 18.8 Å². The molecule has 8 nitrogen and oxygen atoms in total. The van der Waals surface area contributed by atoms with Crippen LogP contribution in [0.2, 0.25) is 0 Å². The lowest BCUT2D eigenvalue weighted by Crippen LogP contribution is -2.31. The minimum Gasteiger partial charge on any atom is -0.340 e. The number of carbonyl (C=O) groups is 1. The number of aryl methyl sites for hydroxylation is 1. The maximum Gasteiger partial charge on any atom is 0.274 e. The first kappa shape index (κ1) is 13.7. The fourth-order valence-corrected chi connectivity index (χ4v) is 2.36. The fourth-order valence-electron chi connectivity index (χ4n) is 2.36. The summed E-state index contributed by atoms with van der Waals surface area (Å²) in [6, 6.07) is -0.0721. The van der Waals surface area contributed by atoms with E-state index in [1.165, 1.54) is 0 Å². The monoisotopic (exact) mass is 289 g/mol. The van der Waals surface area contributed by atoms with Crippen molar-refractivity contribution < 1.29 is 4.79 Å². The van der Waals surface area contributed by atoms with Gasteiger partial charge in [0.1, 0.15) is 5.82 Å². The Bertz CT molecular complexity index is 628. The number of carbonyl (C=O) groups excluding carboxylic acids is 1. The molecule has 21 heavy (non-hydrogen) atoms. The first-order valence-electron chi connectivity index (χ1n) is 7.07. The maximum absolute atomic E-state index is 12.3. The van der Waals surface area contributed by atoms with E-state index in [0.717, 1.165) is 18.7 Å². The third kappa shape index (κ3) is 2.94. The Balaban J connectivity index is 1.73. The summed E-state index contributed by atoms with van der Waals surface area (Å²) in [5.74, 6) is 1.10. The maximum atomic E-state index is 12.3. The van der Waals surface area contributed by atoms with Crippen LogP contribution in [-0.2, 0) is 13.6 Å². The molecule has 8 heteroatoms. The van der Waals surface area contributed by atoms with Crippen molar-refractivity contribution >= 4 is 5.91 Å². The van der Waals surface area contributed by atoms with Gasteiger partial charge in [0.2, 0.25) is 0 Å². The molecule has 1 atom stereocenters. The minimum absolute atomic E-state index is 0.0721. The summed E-state index contributed by atoms with van der Waals surface area (Å²) in [6.45, 7) is 1.01. The number of hydrogen-bond acceptors (Lipinski definition) is 5. The molecule has 1 aliphatic rings. The normalized spacial score (nSPS) is 15.9. The van der Waals surface area contributed by atoms with E-state index in [1.807, 2.05) is 17.8 Å². The molecule has 1 amide bonds. The minimum atomic E-state index is -0.224. The number of imidazole rings is 1. The van der Waals surface area contributed by atoms with E-state index in [2.05, 4.69) is 20.6 Å². The lowest BCUT2D eigenvalue weighted by atomic mass is 10.1. The molecular formula is C13H19N7O. The van der Waals surface area contributed by atoms with Crippen LogP contribution in [0.3, 0.4) is 0 Å². The van der Waals surface area contributed by atoms with Gasteiger partial charge in [-0.25, -0.2) is 4.98 Å². The summed E-state index contributed by atoms with van der Waals surface area (Å²) in [5.41, 5.74) is 5.76. The second-order valence-electron chi connectivity index (χ2n) is 5.34. The van der Waals surface area contributed by atoms with Crippen LogP contribution in [0.1, 0.15) is 35.2 Å². The SMILES string of the molecule is Cn1ccnc1C(NC(=O)c1cn(CCN)nn1)C1CC1. The quantitative estimate of drug-likeness (QED) is 0.769. The van der Waals surface area contributed by atoms with Crippen molar-refractivity contribution in [2.75, 3.05) is 6.54 Å². The van der Waals surface area contributed by atoms with Crippen molar-refractivity contribution in [1.82, 2.24) is 29.9 Å². The predicted octanol–water partition coefficient (Wildman–Crippen LogP) is -0.149. The number of hydrogen-bond donors (Lipinski definition) is 2. The molecule has 2 aromatic rings. The van der Waals surface area contributed by atoms with Crippen molar-refractivity contribution in [2.24, 2.45) is 18.7 Å². The summed E-state index contributed by atoms with van der Waals surface area (Å²) in [4.78, 5) is 16.7. The summed E-state index contributed by atoms with van der Waals surface area (Å²) in [7, 11) is 1.93. The van der Waals surface area contributed by atoms with Gasteiger partial charge in [0.25, 0.3) is 5.91 Å². The number of amides is 1. The van der Waals surface area contributed by atoms with Crippen LogP contribution in [0.5, 0.6) is 0 Å². The molecule has 0 bridgehead atoms. The Morgan fingerprint density at radius 2 is 2.38 bits per heavy atom. The zero-order chi connectivity index (χ0) is 14.8. The van der Waals surface area contributed by atoms with Crippen LogP contribution in [-0.4, -0.2) is 37.0 Å². The zero-order valence-corrected chi connectivity index (χ0v) is 11.9. The molecule has 0 spiro atoms. The van der Waals surface area contributed by atoms with E-state index in [-0.39, 0.29) is 11.9 Å². The summed E-state index contributed by atoms with van der Waals surface area (Å²) in [5, 5.41) is 10.8. The molecule has 112 valence electrons. The van der Waals surface area contributed by atoms with Gasteiger partial charge >= 0.3 is 0 Å². The van der Waals surface area contributed by atoms with Crippen molar-refractivity contribution in [1.29, 1.82) is 0 Å². The van der Waals surface area contributed by atoms with E-state index >= 15 is 0 Å². The molecule has 2 aromatic heterocycles. The van der Waals surface area contributed by atoms with Crippen molar-refractivity contribution in [2.45, 2.75) is 25.4 Å². The summed E-state index contributed by atoms with van der Waals surface area (Å²) in [6.07, 6.45) is 7.46. The number of nitrogens with two attached hydrogens (primary N) is 1. The molecule has 0 radical (unpaired) electrons. The molecule has 1 aliphatic carbocycles. The molecule has 2 heterocycles. The van der Waals surface area contributed by atoms with Crippen LogP contribution in [0.25, 0.3) is 0 Å². The lowest BCUT2D eigenvalue weighted by molar-refractivity contribution is 0.0924. The summed E-state index contributed by atoms with van der Waals surface area (Å²) >= 11 is 0. The Morgan fingerprint density at radius 1 is 1.57 bits per heavy atom. The van der Waals surface area contributed by atoms with E-state index in [1.54, 1.807) is 17.1 Å². The van der Waals surface area contributed by atoms with E-state index in [0.29, 0.717) is 24.7 Å². The highest BCUT2D eigenvalue weighted by molar-refractivity contribution is 5.92. The number of aromatic nitrogens is 5. The average molecular weight is 289 g/mol. The molecule has 1 saturated carbocycles. The Kier molecular flexibility index (Phi) is 3.70. The van der Waals surface area contributed by atoms with Gasteiger partial charge in [-0.1, -0.05) is 5.21 Å². The highest BCUT2D eigenvalue weighted by atomic mass is 16.2. The summed E-state index contributed by atoms with van der Waals surface area (Å²) < 4.78 is 3.51. The molecule has 0 aliphatic heterocycles. The Hall–Kier alpha value is -2.22. The van der Waals surface area contributed by atoms with Crippen LogP contribution >= 0.6 is 0 Å². The topological polar surface area (TPSA) is 104 Å². The Labute approximate surface area is 122 Å². The van der Waals surface area contributed by atoms with Crippen LogP contribution < -0.4 is 11.1 Å². The van der Waals surface area contributed by atoms with Gasteiger partial charge in [-0.15, -0.1) is 5.10 Å². The number of nitrogens with one attached hydrogen (secondary N) is 1. The highest BCUT2D eigenvalue weighted by Gasteiger charge is 2.36. The molecule has 3 rings (SSSR count). The molecule has 1 unspecified atom stereocenters. The number of nitrogens with zero attached hydrogens (tertiary/aromatic N) is 5. The van der Waals surface area contributed by atoms with Gasteiger partial charge in [0.15, 0.2) is 5.69 Å². The van der Waals surface area contributed by atoms with Crippen molar-refractivity contribution in [3.8, 4) is 0 Å². The Morgan fingerprint density at radius 3 is 3.00 bits per heavy atom. The highest BCUT2D eigenvalue weighted by Crippen LogP contribution is 2.40. The first-order valence-corrected chi connectivity index (χ1v) is 7.07. The van der Waals surface area contributed by atoms with E-state index in [9.17, 15) is 4.79 Å². The molecule has 0 aromatic carbocycles. The molecule has 1 fully saturated rings. The standard InChI is InChI=1S/C13H19N7O/c1-19-7-5-15-12(19)11(9-2-3-9)16-13(21)10-8-20(6-4-14)18-17-10/h5,7-9,11H,2-4,6,14H2,1H3,(H,16,21). The van der Waals surface area contributed by atoms with Crippen molar-refractivity contribution in [3.05, 3.63) is 30.1 Å². The van der Waals surface area contributed by atoms with Gasteiger partial charge in [0, 0.05) is 26.0 Å². The largest absolute Gasteiger partial charge is 0.340 e. The second kappa shape index (κ2) is 5.65. The molecule has 0 saturated heterocycles. The third-order valence-corrected chi connectivity index (χ3v) is 3.65. The molecular weight excluding hydrogens is 270 g/mol. The van der Waals surface area contributed by atoms with E-state index in [4.69, 9.17) is 5.73 Å². The van der Waals surface area contributed by atoms with E-state index < -0.39 is 0 Å². The molecule has 3 N–H and O–H groups in total. The fraction of sp³-hybridized carbons (Fsp3) is 0.538. The number of rotatable bonds is 6. The smallest absolute Gasteiger partial charge is 0.274 e. The lowest BCUT2D eigenvalue weighted by Gasteiger charge is -2.17. The first-order chi connectivity index (χ1) is 10.2. The van der Waals surface area contributed by atoms with Gasteiger partial charge in [0.05, 0.1) is 18.8 Å². The van der Waals surface area contributed by atoms with Crippen LogP contribution in [0.15, 0.2) is 18.6 Å². The van der Waals surface area contributed by atoms with Gasteiger partial charge < -0.3 is 15.6 Å². The predicted molar refractivity (Wildman–Crippen MR) is 75.2 cm³/mol. The van der Waals surface area contributed by atoms with Gasteiger partial charge in [-0.3, -0.25) is 9.48 Å². The van der Waals surface area contributed by atoms with Crippen LogP contribution in [0.4, 0.5) is 0 Å². The second-order valence-corrected chi connectivity index (χ2v) is 5.34.